The van der Waals surface area contributed by atoms with Crippen LogP contribution in [0.1, 0.15) is 51.4 Å². The molecule has 1 aromatic rings. The molecule has 2 aliphatic heterocycles. The maximum atomic E-state index is 14.3. The highest BCUT2D eigenvalue weighted by atomic mass is 19.4. The number of rotatable bonds is 8. The van der Waals surface area contributed by atoms with Gasteiger partial charge in [0.2, 0.25) is 17.4 Å². The van der Waals surface area contributed by atoms with E-state index in [0.29, 0.717) is 18.9 Å². The Bertz CT molecular complexity index is 1370. The van der Waals surface area contributed by atoms with Gasteiger partial charge in [0, 0.05) is 25.6 Å². The molecule has 2 aliphatic carbocycles. The standard InChI is InChI=1S/C28H30F5N5O5/c1-37(23(39)19(7-14-3-2-4-14)35-26(42)28(31,32)33)20(8-15-5-6-15)24(40)38-13-27(11-17(38)12-34)25(41)36-22-18(30)9-16(29)10-21(22)43-27/h9-10,14-15,17,19-20H,2-8,11,13H2,1H3,(H,35,42)(H,36,41)/t17-,19-,20-,27+/m0/s1. The number of likely N-dealkylation sites (tertiary alicyclic amines) is 1. The largest absolute Gasteiger partial charge is 0.473 e. The lowest BCUT2D eigenvalue weighted by molar-refractivity contribution is -0.175. The molecule has 4 aliphatic rings. The summed E-state index contributed by atoms with van der Waals surface area (Å²) in [6.45, 7) is -0.479. The van der Waals surface area contributed by atoms with Crippen LogP contribution in [0.25, 0.3) is 0 Å². The minimum atomic E-state index is -5.21. The fourth-order valence-corrected chi connectivity index (χ4v) is 5.90. The lowest BCUT2D eigenvalue weighted by atomic mass is 9.80. The van der Waals surface area contributed by atoms with Crippen molar-refractivity contribution in [2.45, 2.75) is 81.3 Å². The molecular weight excluding hydrogens is 581 g/mol. The van der Waals surface area contributed by atoms with Crippen molar-refractivity contribution in [1.82, 2.24) is 15.1 Å². The maximum Gasteiger partial charge on any atom is 0.471 e. The van der Waals surface area contributed by atoms with Crippen LogP contribution in [0.2, 0.25) is 0 Å². The van der Waals surface area contributed by atoms with Crippen molar-refractivity contribution in [3.63, 3.8) is 0 Å². The third-order valence-corrected chi connectivity index (χ3v) is 8.74. The molecule has 1 spiro atoms. The zero-order valence-electron chi connectivity index (χ0n) is 23.2. The number of halogens is 5. The molecule has 2 saturated carbocycles. The van der Waals surface area contributed by atoms with Crippen molar-refractivity contribution >= 4 is 29.3 Å². The quantitative estimate of drug-likeness (QED) is 0.435. The molecule has 2 N–H and O–H groups in total. The fourth-order valence-electron chi connectivity index (χ4n) is 5.90. The Kier molecular flexibility index (Phi) is 8.00. The monoisotopic (exact) mass is 611 g/mol. The van der Waals surface area contributed by atoms with Gasteiger partial charge in [0.1, 0.15) is 29.6 Å². The number of nitriles is 1. The SMILES string of the molecule is CN(C(=O)[C@H](CC1CCC1)NC(=O)C(F)(F)F)[C@@H](CC1CC1)C(=O)N1C[C@@]2(C[C@H]1C#N)Oc1cc(F)cc(F)c1NC2=O. The first-order valence-corrected chi connectivity index (χ1v) is 14.1. The molecule has 5 rings (SSSR count). The van der Waals surface area contributed by atoms with Gasteiger partial charge in [0.15, 0.2) is 11.6 Å². The Hall–Kier alpha value is -3.96. The van der Waals surface area contributed by atoms with E-state index in [-0.39, 0.29) is 42.5 Å². The van der Waals surface area contributed by atoms with E-state index in [0.717, 1.165) is 35.1 Å². The minimum Gasteiger partial charge on any atom is -0.473 e. The van der Waals surface area contributed by atoms with Crippen LogP contribution in [0.5, 0.6) is 5.75 Å². The van der Waals surface area contributed by atoms with Gasteiger partial charge in [-0.1, -0.05) is 32.1 Å². The van der Waals surface area contributed by atoms with E-state index >= 15 is 0 Å². The highest BCUT2D eigenvalue weighted by Gasteiger charge is 2.57. The van der Waals surface area contributed by atoms with E-state index in [1.807, 2.05) is 6.07 Å². The Labute approximate surface area is 243 Å². The summed E-state index contributed by atoms with van der Waals surface area (Å²) in [5, 5.41) is 14.0. The van der Waals surface area contributed by atoms with E-state index in [9.17, 15) is 46.4 Å². The van der Waals surface area contributed by atoms with Crippen LogP contribution in [0.3, 0.4) is 0 Å². The number of benzene rings is 1. The van der Waals surface area contributed by atoms with Crippen molar-refractivity contribution in [3.8, 4) is 11.8 Å². The van der Waals surface area contributed by atoms with Gasteiger partial charge < -0.3 is 25.2 Å². The second-order valence-corrected chi connectivity index (χ2v) is 11.8. The van der Waals surface area contributed by atoms with Gasteiger partial charge in [-0.15, -0.1) is 0 Å². The van der Waals surface area contributed by atoms with Gasteiger partial charge in [-0.3, -0.25) is 19.2 Å². The highest BCUT2D eigenvalue weighted by Crippen LogP contribution is 2.43. The van der Waals surface area contributed by atoms with Crippen LogP contribution in [0.4, 0.5) is 27.6 Å². The van der Waals surface area contributed by atoms with Crippen molar-refractivity contribution in [2.75, 3.05) is 18.9 Å². The van der Waals surface area contributed by atoms with E-state index in [1.165, 1.54) is 7.05 Å². The molecule has 0 aromatic heterocycles. The summed E-state index contributed by atoms with van der Waals surface area (Å²) in [5.41, 5.74) is -2.24. The van der Waals surface area contributed by atoms with Crippen LogP contribution in [0, 0.1) is 34.8 Å². The number of hydrogen-bond acceptors (Lipinski definition) is 6. The molecule has 232 valence electrons. The summed E-state index contributed by atoms with van der Waals surface area (Å²) in [6, 6.07) is -0.589. The number of nitrogens with zero attached hydrogens (tertiary/aromatic N) is 3. The number of amides is 4. The number of carbonyl (C=O) groups excluding carboxylic acids is 4. The van der Waals surface area contributed by atoms with Gasteiger partial charge in [-0.25, -0.2) is 8.78 Å². The number of fused-ring (bicyclic) bond motifs is 1. The molecule has 43 heavy (non-hydrogen) atoms. The van der Waals surface area contributed by atoms with Gasteiger partial charge in [-0.2, -0.15) is 18.4 Å². The second-order valence-electron chi connectivity index (χ2n) is 11.8. The normalized spacial score (nSPS) is 24.6. The lowest BCUT2D eigenvalue weighted by Crippen LogP contribution is -2.58. The number of carbonyl (C=O) groups is 4. The Morgan fingerprint density at radius 3 is 2.44 bits per heavy atom. The maximum absolute atomic E-state index is 14.3. The topological polar surface area (TPSA) is 132 Å². The number of likely N-dealkylation sites (N-methyl/N-ethyl adjacent to an activating group) is 1. The van der Waals surface area contributed by atoms with Crippen molar-refractivity contribution in [1.29, 1.82) is 5.26 Å². The van der Waals surface area contributed by atoms with Gasteiger partial charge >= 0.3 is 12.1 Å². The molecule has 10 nitrogen and oxygen atoms in total. The summed E-state index contributed by atoms with van der Waals surface area (Å²) >= 11 is 0. The summed E-state index contributed by atoms with van der Waals surface area (Å²) < 4.78 is 73.2. The first-order chi connectivity index (χ1) is 20.2. The number of anilines is 1. The second kappa shape index (κ2) is 11.3. The van der Waals surface area contributed by atoms with Gasteiger partial charge in [0.25, 0.3) is 5.91 Å². The molecule has 4 amide bonds. The summed E-state index contributed by atoms with van der Waals surface area (Å²) in [4.78, 5) is 54.6. The number of nitrogens with one attached hydrogen (secondary N) is 2. The third kappa shape index (κ3) is 6.09. The third-order valence-electron chi connectivity index (χ3n) is 8.74. The molecule has 0 radical (unpaired) electrons. The molecule has 1 aromatic carbocycles. The summed E-state index contributed by atoms with van der Waals surface area (Å²) in [5.74, 6) is -7.09. The van der Waals surface area contributed by atoms with Crippen LogP contribution >= 0.6 is 0 Å². The van der Waals surface area contributed by atoms with Gasteiger partial charge in [-0.05, 0) is 24.7 Å². The predicted octanol–water partition coefficient (Wildman–Crippen LogP) is 3.02. The van der Waals surface area contributed by atoms with Crippen LogP contribution in [-0.2, 0) is 19.2 Å². The molecule has 15 heteroatoms. The lowest BCUT2D eigenvalue weighted by Gasteiger charge is -2.37. The predicted molar refractivity (Wildman–Crippen MR) is 138 cm³/mol. The first-order valence-electron chi connectivity index (χ1n) is 14.1. The first kappa shape index (κ1) is 30.5. The average molecular weight is 612 g/mol. The molecule has 3 fully saturated rings. The number of alkyl halides is 3. The van der Waals surface area contributed by atoms with Crippen LogP contribution < -0.4 is 15.4 Å². The van der Waals surface area contributed by atoms with E-state index in [1.54, 1.807) is 5.32 Å². The summed E-state index contributed by atoms with van der Waals surface area (Å²) in [7, 11) is 1.26. The molecule has 4 atom stereocenters. The van der Waals surface area contributed by atoms with Crippen molar-refractivity contribution in [3.05, 3.63) is 23.8 Å². The minimum absolute atomic E-state index is 0.0243. The number of ether oxygens (including phenoxy) is 1. The Morgan fingerprint density at radius 2 is 1.86 bits per heavy atom. The van der Waals surface area contributed by atoms with Crippen LogP contribution in [0.15, 0.2) is 12.1 Å². The van der Waals surface area contributed by atoms with E-state index in [4.69, 9.17) is 4.74 Å². The van der Waals surface area contributed by atoms with Crippen molar-refractivity contribution < 1.29 is 45.9 Å². The fraction of sp³-hybridized carbons (Fsp3) is 0.607. The zero-order chi connectivity index (χ0) is 31.3. The molecule has 0 bridgehead atoms. The van der Waals surface area contributed by atoms with Crippen LogP contribution in [-0.4, -0.2) is 76.9 Å². The molecule has 2 heterocycles. The molecule has 1 saturated heterocycles. The highest BCUT2D eigenvalue weighted by molar-refractivity contribution is 6.02. The average Bonchev–Trinajstić information content (AvgIpc) is 3.66. The molecule has 0 unspecified atom stereocenters. The number of hydrogen-bond donors (Lipinski definition) is 2. The van der Waals surface area contributed by atoms with Gasteiger partial charge in [0.05, 0.1) is 12.6 Å². The summed E-state index contributed by atoms with van der Waals surface area (Å²) in [6.07, 6.45) is -1.67. The smallest absolute Gasteiger partial charge is 0.471 e. The van der Waals surface area contributed by atoms with E-state index < -0.39 is 71.7 Å². The molecular formula is C28H30F5N5O5. The zero-order valence-corrected chi connectivity index (χ0v) is 23.2. The Morgan fingerprint density at radius 1 is 1.19 bits per heavy atom. The van der Waals surface area contributed by atoms with E-state index in [2.05, 4.69) is 5.32 Å². The Balaban J connectivity index is 1.39. The van der Waals surface area contributed by atoms with Crippen molar-refractivity contribution in [2.24, 2.45) is 11.8 Å².